The van der Waals surface area contributed by atoms with Crippen molar-refractivity contribution in [1.29, 1.82) is 0 Å². The van der Waals surface area contributed by atoms with E-state index in [1.54, 1.807) is 0 Å². The fourth-order valence-corrected chi connectivity index (χ4v) is 4.10. The van der Waals surface area contributed by atoms with Gasteiger partial charge in [-0.3, -0.25) is 9.17 Å². The van der Waals surface area contributed by atoms with Crippen LogP contribution in [0.15, 0.2) is 24.5 Å². The molecule has 7 heteroatoms. The molecule has 0 saturated carbocycles. The summed E-state index contributed by atoms with van der Waals surface area (Å²) in [6.45, 7) is 4.89. The third kappa shape index (κ3) is 7.31. The van der Waals surface area contributed by atoms with Gasteiger partial charge in [-0.2, -0.15) is 8.42 Å². The highest BCUT2D eigenvalue weighted by atomic mass is 32.2. The van der Waals surface area contributed by atoms with E-state index in [2.05, 4.69) is 34.4 Å². The standard InChI is InChI=1S/C15H24N2O3S.C4H9N/c1-17-11-7-15(8-12-17,14-4-9-16-10-5-14)6-3-13-20-21(2,18)19;1-2-4-5-3-1/h4-5,9-10H,3,6-8,11-13H2,1-2H3;5H,1-4H2. The van der Waals surface area contributed by atoms with Crippen LogP contribution in [-0.4, -0.2) is 64.4 Å². The number of hydrogen-bond donors (Lipinski definition) is 1. The summed E-state index contributed by atoms with van der Waals surface area (Å²) < 4.78 is 26.9. The van der Waals surface area contributed by atoms with Gasteiger partial charge in [-0.25, -0.2) is 0 Å². The molecule has 3 heterocycles. The lowest BCUT2D eigenvalue weighted by Gasteiger charge is -2.41. The second-order valence-corrected chi connectivity index (χ2v) is 9.05. The number of nitrogens with one attached hydrogen (secondary N) is 1. The zero-order valence-electron chi connectivity index (χ0n) is 16.1. The highest BCUT2D eigenvalue weighted by molar-refractivity contribution is 7.85. The van der Waals surface area contributed by atoms with E-state index in [1.165, 1.54) is 31.5 Å². The number of piperidine rings is 1. The molecule has 2 saturated heterocycles. The highest BCUT2D eigenvalue weighted by Gasteiger charge is 2.34. The SMILES string of the molecule is C1CCNC1.CN1CCC(CCCOS(C)(=O)=O)(c2ccncc2)CC1. The van der Waals surface area contributed by atoms with Gasteiger partial charge in [-0.1, -0.05) is 0 Å². The molecular formula is C19H33N3O3S. The Bertz CT molecular complexity index is 603. The third-order valence-electron chi connectivity index (χ3n) is 5.29. The van der Waals surface area contributed by atoms with E-state index in [4.69, 9.17) is 4.18 Å². The topological polar surface area (TPSA) is 71.5 Å². The van der Waals surface area contributed by atoms with Crippen LogP contribution in [-0.2, 0) is 19.7 Å². The summed E-state index contributed by atoms with van der Waals surface area (Å²) >= 11 is 0. The maximum atomic E-state index is 11.0. The van der Waals surface area contributed by atoms with Crippen LogP contribution in [0.1, 0.15) is 44.1 Å². The number of pyridine rings is 1. The summed E-state index contributed by atoms with van der Waals surface area (Å²) in [6.07, 6.45) is 11.4. The Kier molecular flexibility index (Phi) is 8.47. The number of rotatable bonds is 6. The molecule has 6 nitrogen and oxygen atoms in total. The van der Waals surface area contributed by atoms with Crippen LogP contribution in [0.25, 0.3) is 0 Å². The lowest BCUT2D eigenvalue weighted by Crippen LogP contribution is -2.41. The molecule has 1 N–H and O–H groups in total. The second-order valence-electron chi connectivity index (χ2n) is 7.41. The van der Waals surface area contributed by atoms with Crippen molar-refractivity contribution >= 4 is 10.1 Å². The first kappa shape index (κ1) is 21.3. The van der Waals surface area contributed by atoms with Gasteiger partial charge in [0.2, 0.25) is 0 Å². The molecule has 0 atom stereocenters. The fourth-order valence-electron chi connectivity index (χ4n) is 3.68. The van der Waals surface area contributed by atoms with Gasteiger partial charge in [0.25, 0.3) is 10.1 Å². The predicted octanol–water partition coefficient (Wildman–Crippen LogP) is 2.17. The van der Waals surface area contributed by atoms with Crippen molar-refractivity contribution in [1.82, 2.24) is 15.2 Å². The summed E-state index contributed by atoms with van der Waals surface area (Å²) in [7, 11) is -1.20. The molecule has 26 heavy (non-hydrogen) atoms. The van der Waals surface area contributed by atoms with E-state index < -0.39 is 10.1 Å². The van der Waals surface area contributed by atoms with Crippen LogP contribution in [0.2, 0.25) is 0 Å². The van der Waals surface area contributed by atoms with Crippen molar-refractivity contribution in [2.75, 3.05) is 46.1 Å². The first-order valence-electron chi connectivity index (χ1n) is 9.55. The van der Waals surface area contributed by atoms with Crippen molar-refractivity contribution in [3.63, 3.8) is 0 Å². The van der Waals surface area contributed by atoms with Gasteiger partial charge in [0, 0.05) is 12.4 Å². The molecule has 1 aromatic rings. The minimum absolute atomic E-state index is 0.121. The lowest BCUT2D eigenvalue weighted by atomic mass is 9.70. The van der Waals surface area contributed by atoms with Crippen LogP contribution in [0.4, 0.5) is 0 Å². The Morgan fingerprint density at radius 2 is 1.81 bits per heavy atom. The predicted molar refractivity (Wildman–Crippen MR) is 105 cm³/mol. The molecule has 0 aromatic carbocycles. The first-order chi connectivity index (χ1) is 12.4. The molecular weight excluding hydrogens is 350 g/mol. The monoisotopic (exact) mass is 383 g/mol. The third-order valence-corrected chi connectivity index (χ3v) is 5.89. The zero-order chi connectivity index (χ0) is 18.9. The molecule has 0 radical (unpaired) electrons. The average Bonchev–Trinajstić information content (AvgIpc) is 3.21. The normalized spacial score (nSPS) is 20.4. The number of nitrogens with zero attached hydrogens (tertiary/aromatic N) is 2. The Hall–Kier alpha value is -1.02. The van der Waals surface area contributed by atoms with Crippen molar-refractivity contribution in [2.45, 2.75) is 43.9 Å². The average molecular weight is 384 g/mol. The number of hydrogen-bond acceptors (Lipinski definition) is 6. The Morgan fingerprint density at radius 1 is 1.19 bits per heavy atom. The van der Waals surface area contributed by atoms with E-state index >= 15 is 0 Å². The van der Waals surface area contributed by atoms with Crippen molar-refractivity contribution in [3.05, 3.63) is 30.1 Å². The Labute approximate surface area is 158 Å². The van der Waals surface area contributed by atoms with Crippen LogP contribution >= 0.6 is 0 Å². The van der Waals surface area contributed by atoms with E-state index in [-0.39, 0.29) is 12.0 Å². The van der Waals surface area contributed by atoms with Crippen molar-refractivity contribution in [3.8, 4) is 0 Å². The molecule has 2 fully saturated rings. The summed E-state index contributed by atoms with van der Waals surface area (Å²) in [5.41, 5.74) is 1.43. The lowest BCUT2D eigenvalue weighted by molar-refractivity contribution is 0.168. The molecule has 0 aliphatic carbocycles. The number of likely N-dealkylation sites (tertiary alicyclic amines) is 1. The summed E-state index contributed by atoms with van der Waals surface area (Å²) in [5.74, 6) is 0. The van der Waals surface area contributed by atoms with Crippen molar-refractivity contribution < 1.29 is 12.6 Å². The van der Waals surface area contributed by atoms with Gasteiger partial charge in [-0.15, -0.1) is 0 Å². The van der Waals surface area contributed by atoms with Crippen LogP contribution < -0.4 is 5.32 Å². The maximum Gasteiger partial charge on any atom is 0.264 e. The fraction of sp³-hybridized carbons (Fsp3) is 0.737. The minimum atomic E-state index is -3.34. The summed E-state index contributed by atoms with van der Waals surface area (Å²) in [4.78, 5) is 6.44. The van der Waals surface area contributed by atoms with Crippen LogP contribution in [0.3, 0.4) is 0 Å². The molecule has 0 bridgehead atoms. The summed E-state index contributed by atoms with van der Waals surface area (Å²) in [5, 5.41) is 3.22. The Balaban J connectivity index is 0.000000417. The smallest absolute Gasteiger partial charge is 0.264 e. The van der Waals surface area contributed by atoms with E-state index in [0.717, 1.165) is 45.0 Å². The van der Waals surface area contributed by atoms with Crippen LogP contribution in [0, 0.1) is 0 Å². The van der Waals surface area contributed by atoms with E-state index in [0.29, 0.717) is 0 Å². The largest absolute Gasteiger partial charge is 0.317 e. The Morgan fingerprint density at radius 3 is 2.31 bits per heavy atom. The highest BCUT2D eigenvalue weighted by Crippen LogP contribution is 2.39. The molecule has 2 aliphatic rings. The second kappa shape index (κ2) is 10.3. The van der Waals surface area contributed by atoms with Gasteiger partial charge in [-0.05, 0) is 94.9 Å². The maximum absolute atomic E-state index is 11.0. The quantitative estimate of drug-likeness (QED) is 0.600. The summed E-state index contributed by atoms with van der Waals surface area (Å²) in [6, 6.07) is 4.17. The molecule has 2 aliphatic heterocycles. The molecule has 3 rings (SSSR count). The van der Waals surface area contributed by atoms with Gasteiger partial charge in [0.15, 0.2) is 0 Å². The molecule has 0 amide bonds. The number of aromatic nitrogens is 1. The minimum Gasteiger partial charge on any atom is -0.317 e. The van der Waals surface area contributed by atoms with Gasteiger partial charge < -0.3 is 10.2 Å². The molecule has 0 unspecified atom stereocenters. The molecule has 0 spiro atoms. The van der Waals surface area contributed by atoms with E-state index in [1.807, 2.05) is 12.4 Å². The molecule has 148 valence electrons. The molecule has 1 aromatic heterocycles. The van der Waals surface area contributed by atoms with Crippen LogP contribution in [0.5, 0.6) is 0 Å². The zero-order valence-corrected chi connectivity index (χ0v) is 16.9. The van der Waals surface area contributed by atoms with Gasteiger partial charge in [0.05, 0.1) is 12.9 Å². The first-order valence-corrected chi connectivity index (χ1v) is 11.4. The van der Waals surface area contributed by atoms with Gasteiger partial charge >= 0.3 is 0 Å². The van der Waals surface area contributed by atoms with Gasteiger partial charge in [0.1, 0.15) is 0 Å². The van der Waals surface area contributed by atoms with E-state index in [9.17, 15) is 8.42 Å². The van der Waals surface area contributed by atoms with Crippen molar-refractivity contribution in [2.24, 2.45) is 0 Å².